The fraction of sp³-hybridized carbons (Fsp3) is 0.500. The van der Waals surface area contributed by atoms with E-state index in [4.69, 9.17) is 5.11 Å². The number of imidazole rings is 1. The first-order chi connectivity index (χ1) is 7.45. The molecular formula is C10H16N2O4. The van der Waals surface area contributed by atoms with Crippen LogP contribution in [0.15, 0.2) is 18.7 Å². The summed E-state index contributed by atoms with van der Waals surface area (Å²) in [6.45, 7) is 3.18. The molecule has 0 atom stereocenters. The van der Waals surface area contributed by atoms with Crippen LogP contribution in [0.4, 0.5) is 0 Å². The number of aliphatic carboxylic acids is 2. The molecule has 1 N–H and O–H groups in total. The highest BCUT2D eigenvalue weighted by molar-refractivity contribution is 5.74. The number of nitrogens with zero attached hydrogens (tertiary/aromatic N) is 2. The summed E-state index contributed by atoms with van der Waals surface area (Å²) in [4.78, 5) is 19.1. The molecule has 0 amide bonds. The first-order valence-corrected chi connectivity index (χ1v) is 4.88. The molecule has 16 heavy (non-hydrogen) atoms. The van der Waals surface area contributed by atoms with E-state index in [1.54, 1.807) is 0 Å². The van der Waals surface area contributed by atoms with Crippen molar-refractivity contribution in [1.29, 1.82) is 0 Å². The largest absolute Gasteiger partial charge is 0.550 e. The van der Waals surface area contributed by atoms with Crippen molar-refractivity contribution in [2.24, 2.45) is 7.05 Å². The third kappa shape index (κ3) is 7.54. The average molecular weight is 228 g/mol. The monoisotopic (exact) mass is 228 g/mol. The fourth-order valence-corrected chi connectivity index (χ4v) is 0.898. The second-order valence-electron chi connectivity index (χ2n) is 3.18. The number of carbonyl (C=O) groups excluding carboxylic acids is 1. The summed E-state index contributed by atoms with van der Waals surface area (Å²) in [5, 5.41) is 17.4. The van der Waals surface area contributed by atoms with Crippen LogP contribution in [-0.2, 0) is 23.2 Å². The molecule has 0 radical (unpaired) electrons. The van der Waals surface area contributed by atoms with E-state index >= 15 is 0 Å². The maximum absolute atomic E-state index is 9.61. The molecule has 0 unspecified atom stereocenters. The van der Waals surface area contributed by atoms with Gasteiger partial charge in [-0.15, -0.1) is 0 Å². The van der Waals surface area contributed by atoms with Crippen LogP contribution < -0.4 is 9.67 Å². The molecule has 0 bridgehead atoms. The van der Waals surface area contributed by atoms with Gasteiger partial charge in [-0.25, -0.2) is 9.13 Å². The van der Waals surface area contributed by atoms with Crippen LogP contribution in [0.3, 0.4) is 0 Å². The van der Waals surface area contributed by atoms with Crippen molar-refractivity contribution in [1.82, 2.24) is 4.57 Å². The molecule has 6 nitrogen and oxygen atoms in total. The molecule has 0 saturated carbocycles. The SMILES string of the molecule is CCn1cc[n+](C)c1.O=C([O-])CCC(=O)O. The smallest absolute Gasteiger partial charge is 0.303 e. The van der Waals surface area contributed by atoms with Crippen molar-refractivity contribution in [3.05, 3.63) is 18.7 Å². The number of rotatable bonds is 4. The normalized spacial score (nSPS) is 9.12. The van der Waals surface area contributed by atoms with E-state index in [2.05, 4.69) is 24.0 Å². The van der Waals surface area contributed by atoms with Gasteiger partial charge in [0.15, 0.2) is 0 Å². The zero-order chi connectivity index (χ0) is 12.6. The van der Waals surface area contributed by atoms with Crippen molar-refractivity contribution >= 4 is 11.9 Å². The molecule has 1 heterocycles. The maximum atomic E-state index is 9.61. The van der Waals surface area contributed by atoms with Crippen LogP contribution in [0.2, 0.25) is 0 Å². The third-order valence-electron chi connectivity index (χ3n) is 1.73. The lowest BCUT2D eigenvalue weighted by Gasteiger charge is -1.94. The van der Waals surface area contributed by atoms with Gasteiger partial charge in [0.05, 0.1) is 20.0 Å². The Balaban J connectivity index is 0.000000281. The highest BCUT2D eigenvalue weighted by Gasteiger charge is 1.94. The van der Waals surface area contributed by atoms with E-state index in [0.717, 1.165) is 6.54 Å². The molecule has 0 aromatic carbocycles. The topological polar surface area (TPSA) is 86.2 Å². The summed E-state index contributed by atoms with van der Waals surface area (Å²) in [6, 6.07) is 0. The van der Waals surface area contributed by atoms with E-state index in [0.29, 0.717) is 0 Å². The van der Waals surface area contributed by atoms with Gasteiger partial charge < -0.3 is 15.0 Å². The number of carboxylic acid groups (broad SMARTS) is 2. The third-order valence-corrected chi connectivity index (χ3v) is 1.73. The van der Waals surface area contributed by atoms with Gasteiger partial charge in [-0.2, -0.15) is 0 Å². The standard InChI is InChI=1S/C6H11N2.C4H6O4/c1-3-8-5-4-7(2)6-8;5-3(6)1-2-4(7)8/h4-6H,3H2,1-2H3;1-2H2,(H,5,6)(H,7,8)/q+1;/p-1. The molecule has 1 aromatic heterocycles. The predicted molar refractivity (Wildman–Crippen MR) is 53.2 cm³/mol. The van der Waals surface area contributed by atoms with E-state index in [1.165, 1.54) is 0 Å². The zero-order valence-electron chi connectivity index (χ0n) is 9.42. The fourth-order valence-electron chi connectivity index (χ4n) is 0.898. The van der Waals surface area contributed by atoms with Crippen molar-refractivity contribution in [3.8, 4) is 0 Å². The molecule has 1 rings (SSSR count). The number of carbonyl (C=O) groups is 2. The Morgan fingerprint density at radius 2 is 2.06 bits per heavy atom. The lowest BCUT2D eigenvalue weighted by atomic mass is 10.3. The summed E-state index contributed by atoms with van der Waals surface area (Å²) in [6.07, 6.45) is 5.38. The number of aromatic nitrogens is 2. The Bertz CT molecular complexity index is 332. The lowest BCUT2D eigenvalue weighted by Crippen LogP contribution is -2.23. The van der Waals surface area contributed by atoms with Crippen molar-refractivity contribution in [3.63, 3.8) is 0 Å². The molecule has 0 aliphatic heterocycles. The van der Waals surface area contributed by atoms with Gasteiger partial charge in [0, 0.05) is 5.97 Å². The van der Waals surface area contributed by atoms with Gasteiger partial charge in [-0.1, -0.05) is 0 Å². The summed E-state index contributed by atoms with van der Waals surface area (Å²) in [7, 11) is 2.02. The van der Waals surface area contributed by atoms with Crippen molar-refractivity contribution in [2.75, 3.05) is 0 Å². The minimum Gasteiger partial charge on any atom is -0.550 e. The summed E-state index contributed by atoms with van der Waals surface area (Å²) >= 11 is 0. The zero-order valence-corrected chi connectivity index (χ0v) is 9.42. The van der Waals surface area contributed by atoms with Crippen LogP contribution in [-0.4, -0.2) is 21.6 Å². The summed E-state index contributed by atoms with van der Waals surface area (Å²) < 4.78 is 4.16. The number of aryl methyl sites for hydroxylation is 2. The summed E-state index contributed by atoms with van der Waals surface area (Å²) in [5.74, 6) is -2.44. The first kappa shape index (κ1) is 14.2. The second kappa shape index (κ2) is 7.44. The molecule has 1 aromatic rings. The van der Waals surface area contributed by atoms with Gasteiger partial charge >= 0.3 is 5.97 Å². The van der Waals surface area contributed by atoms with Crippen molar-refractivity contribution < 1.29 is 24.4 Å². The number of hydrogen-bond acceptors (Lipinski definition) is 3. The minimum atomic E-state index is -1.33. The number of hydrogen-bond donors (Lipinski definition) is 1. The molecular weight excluding hydrogens is 212 g/mol. The second-order valence-corrected chi connectivity index (χ2v) is 3.18. The van der Waals surface area contributed by atoms with Gasteiger partial charge in [0.2, 0.25) is 6.33 Å². The molecule has 0 aliphatic carbocycles. The Hall–Kier alpha value is -1.85. The van der Waals surface area contributed by atoms with Crippen LogP contribution in [0.25, 0.3) is 0 Å². The quantitative estimate of drug-likeness (QED) is 0.665. The van der Waals surface area contributed by atoms with Gasteiger partial charge in [0.25, 0.3) is 0 Å². The Kier molecular flexibility index (Phi) is 6.58. The van der Waals surface area contributed by atoms with Crippen molar-refractivity contribution in [2.45, 2.75) is 26.3 Å². The predicted octanol–water partition coefficient (Wildman–Crippen LogP) is -1.07. The molecule has 0 aliphatic rings. The van der Waals surface area contributed by atoms with Crippen LogP contribution in [0.5, 0.6) is 0 Å². The Morgan fingerprint density at radius 3 is 2.25 bits per heavy atom. The Morgan fingerprint density at radius 1 is 1.44 bits per heavy atom. The van der Waals surface area contributed by atoms with E-state index in [-0.39, 0.29) is 6.42 Å². The van der Waals surface area contributed by atoms with Crippen LogP contribution >= 0.6 is 0 Å². The van der Waals surface area contributed by atoms with Gasteiger partial charge in [-0.05, 0) is 13.3 Å². The number of carboxylic acids is 2. The molecule has 6 heteroatoms. The van der Waals surface area contributed by atoms with Gasteiger partial charge in [0.1, 0.15) is 12.4 Å². The highest BCUT2D eigenvalue weighted by Crippen LogP contribution is 1.83. The molecule has 0 fully saturated rings. The molecule has 0 saturated heterocycles. The average Bonchev–Trinajstić information content (AvgIpc) is 2.62. The van der Waals surface area contributed by atoms with E-state index in [9.17, 15) is 14.7 Å². The highest BCUT2D eigenvalue weighted by atomic mass is 16.4. The Labute approximate surface area is 93.8 Å². The minimum absolute atomic E-state index is 0.359. The molecule has 90 valence electrons. The van der Waals surface area contributed by atoms with Gasteiger partial charge in [-0.3, -0.25) is 4.79 Å². The maximum Gasteiger partial charge on any atom is 0.303 e. The summed E-state index contributed by atoms with van der Waals surface area (Å²) in [5.41, 5.74) is 0. The van der Waals surface area contributed by atoms with E-state index < -0.39 is 18.4 Å². The van der Waals surface area contributed by atoms with Crippen LogP contribution in [0, 0.1) is 0 Å². The first-order valence-electron chi connectivity index (χ1n) is 4.88. The lowest BCUT2D eigenvalue weighted by molar-refractivity contribution is -0.671. The van der Waals surface area contributed by atoms with Crippen LogP contribution in [0.1, 0.15) is 19.8 Å². The molecule has 0 spiro atoms. The van der Waals surface area contributed by atoms with E-state index in [1.807, 2.05) is 17.8 Å².